The van der Waals surface area contributed by atoms with Gasteiger partial charge < -0.3 is 9.47 Å². The van der Waals surface area contributed by atoms with Gasteiger partial charge in [0.25, 0.3) is 0 Å². The maximum absolute atomic E-state index is 12.3. The summed E-state index contributed by atoms with van der Waals surface area (Å²) in [6.45, 7) is 4.91. The van der Waals surface area contributed by atoms with E-state index in [1.54, 1.807) is 21.6 Å². The van der Waals surface area contributed by atoms with Crippen molar-refractivity contribution in [3.05, 3.63) is 0 Å². The van der Waals surface area contributed by atoms with Gasteiger partial charge in [0.05, 0.1) is 12.8 Å². The molecule has 0 aromatic rings. The van der Waals surface area contributed by atoms with E-state index in [1.807, 2.05) is 0 Å². The lowest BCUT2D eigenvalue weighted by Crippen LogP contribution is -2.18. The molecule has 0 atom stereocenters. The van der Waals surface area contributed by atoms with Crippen LogP contribution in [-0.2, 0) is 19.1 Å². The van der Waals surface area contributed by atoms with E-state index in [9.17, 15) is 9.59 Å². The van der Waals surface area contributed by atoms with Crippen molar-refractivity contribution in [2.45, 2.75) is 123 Å². The zero-order valence-electron chi connectivity index (χ0n) is 20.5. The van der Waals surface area contributed by atoms with Gasteiger partial charge in [-0.2, -0.15) is 0 Å². The van der Waals surface area contributed by atoms with Crippen molar-refractivity contribution in [2.24, 2.45) is 0 Å². The summed E-state index contributed by atoms with van der Waals surface area (Å²) in [5.41, 5.74) is 0. The number of ether oxygens (including phenoxy) is 2. The van der Waals surface area contributed by atoms with Gasteiger partial charge in [-0.1, -0.05) is 116 Å². The Bertz CT molecular complexity index is 422. The normalized spacial score (nSPS) is 11.1. The molecular formula is C25H47BrO4S2. The van der Waals surface area contributed by atoms with Gasteiger partial charge in [-0.3, -0.25) is 9.59 Å². The molecule has 0 aliphatic rings. The van der Waals surface area contributed by atoms with Crippen molar-refractivity contribution in [3.8, 4) is 0 Å². The highest BCUT2D eigenvalue weighted by molar-refractivity contribution is 9.09. The zero-order valence-corrected chi connectivity index (χ0v) is 23.8. The van der Waals surface area contributed by atoms with Crippen molar-refractivity contribution >= 4 is 49.5 Å². The van der Waals surface area contributed by atoms with Crippen LogP contribution in [0.15, 0.2) is 0 Å². The Morgan fingerprint density at radius 2 is 1.25 bits per heavy atom. The molecule has 0 bridgehead atoms. The third-order valence-corrected chi connectivity index (χ3v) is 8.03. The second-order valence-corrected chi connectivity index (χ2v) is 11.8. The van der Waals surface area contributed by atoms with Crippen LogP contribution >= 0.6 is 37.5 Å². The standard InChI is InChI=1S/C25H47BrO4S2/c1-3-5-7-9-11-13-15-23(16-14-12-10-8-6-4-2)30-25(28)18-21-31-32-22-20-29-24(27)17-19-26/h23H,3-22H2,1-2H3. The monoisotopic (exact) mass is 554 g/mol. The number of alkyl halides is 1. The van der Waals surface area contributed by atoms with Crippen LogP contribution in [0.5, 0.6) is 0 Å². The summed E-state index contributed by atoms with van der Waals surface area (Å²) in [5, 5.41) is 0.633. The lowest BCUT2D eigenvalue weighted by atomic mass is 10.0. The Morgan fingerprint density at radius 1 is 0.719 bits per heavy atom. The van der Waals surface area contributed by atoms with E-state index in [0.29, 0.717) is 24.8 Å². The molecule has 0 aliphatic carbocycles. The lowest BCUT2D eigenvalue weighted by Gasteiger charge is -2.18. The fourth-order valence-electron chi connectivity index (χ4n) is 3.39. The van der Waals surface area contributed by atoms with Crippen LogP contribution < -0.4 is 0 Å². The van der Waals surface area contributed by atoms with Crippen LogP contribution in [0.2, 0.25) is 0 Å². The molecule has 0 aliphatic heterocycles. The second kappa shape index (κ2) is 25.7. The SMILES string of the molecule is CCCCCCCCC(CCCCCCCC)OC(=O)CCSSCCOC(=O)CCBr. The first-order chi connectivity index (χ1) is 15.6. The lowest BCUT2D eigenvalue weighted by molar-refractivity contribution is -0.149. The largest absolute Gasteiger partial charge is 0.465 e. The predicted molar refractivity (Wildman–Crippen MR) is 145 cm³/mol. The summed E-state index contributed by atoms with van der Waals surface area (Å²) in [6.07, 6.45) is 18.2. The molecule has 0 aromatic heterocycles. The van der Waals surface area contributed by atoms with E-state index in [4.69, 9.17) is 9.47 Å². The highest BCUT2D eigenvalue weighted by Crippen LogP contribution is 2.23. The number of carbonyl (C=O) groups excluding carboxylic acids is 2. The zero-order chi connectivity index (χ0) is 23.7. The van der Waals surface area contributed by atoms with Gasteiger partial charge in [0.15, 0.2) is 0 Å². The number of unbranched alkanes of at least 4 members (excludes halogenated alkanes) is 10. The molecule has 0 N–H and O–H groups in total. The summed E-state index contributed by atoms with van der Waals surface area (Å²) in [7, 11) is 3.29. The van der Waals surface area contributed by atoms with Crippen LogP contribution in [0.1, 0.15) is 117 Å². The Morgan fingerprint density at radius 3 is 1.81 bits per heavy atom. The predicted octanol–water partition coefficient (Wildman–Crippen LogP) is 8.50. The summed E-state index contributed by atoms with van der Waals surface area (Å²) in [5.74, 6) is 1.24. The number of rotatable bonds is 24. The third-order valence-electron chi connectivity index (χ3n) is 5.26. The van der Waals surface area contributed by atoms with Gasteiger partial charge >= 0.3 is 11.9 Å². The highest BCUT2D eigenvalue weighted by Gasteiger charge is 2.14. The quantitative estimate of drug-likeness (QED) is 0.0515. The van der Waals surface area contributed by atoms with Crippen molar-refractivity contribution in [2.75, 3.05) is 23.4 Å². The van der Waals surface area contributed by atoms with Crippen molar-refractivity contribution in [3.63, 3.8) is 0 Å². The maximum atomic E-state index is 12.3. The first kappa shape index (κ1) is 32.1. The molecular weight excluding hydrogens is 508 g/mol. The molecule has 0 spiro atoms. The third kappa shape index (κ3) is 23.3. The Labute approximate surface area is 214 Å². The molecule has 0 heterocycles. The molecule has 0 unspecified atom stereocenters. The molecule has 0 saturated heterocycles. The Hall–Kier alpha value is 0.120. The van der Waals surface area contributed by atoms with Gasteiger partial charge in [0, 0.05) is 16.8 Å². The van der Waals surface area contributed by atoms with Crippen molar-refractivity contribution < 1.29 is 19.1 Å². The molecule has 0 amide bonds. The van der Waals surface area contributed by atoms with Gasteiger partial charge in [0.2, 0.25) is 0 Å². The average molecular weight is 556 g/mol. The fraction of sp³-hybridized carbons (Fsp3) is 0.920. The van der Waals surface area contributed by atoms with E-state index in [2.05, 4.69) is 29.8 Å². The van der Waals surface area contributed by atoms with Crippen molar-refractivity contribution in [1.82, 2.24) is 0 Å². The fourth-order valence-corrected chi connectivity index (χ4v) is 5.52. The molecule has 0 fully saturated rings. The molecule has 4 nitrogen and oxygen atoms in total. The van der Waals surface area contributed by atoms with Crippen LogP contribution in [0, 0.1) is 0 Å². The summed E-state index contributed by atoms with van der Waals surface area (Å²) in [6, 6.07) is 0. The molecule has 7 heteroatoms. The van der Waals surface area contributed by atoms with E-state index < -0.39 is 0 Å². The van der Waals surface area contributed by atoms with E-state index >= 15 is 0 Å². The summed E-state index contributed by atoms with van der Waals surface area (Å²) in [4.78, 5) is 23.6. The topological polar surface area (TPSA) is 52.6 Å². The Balaban J connectivity index is 3.99. The Kier molecular flexibility index (Phi) is 25.8. The number of hydrogen-bond donors (Lipinski definition) is 0. The minimum atomic E-state index is -0.169. The minimum Gasteiger partial charge on any atom is -0.465 e. The second-order valence-electron chi connectivity index (χ2n) is 8.28. The van der Waals surface area contributed by atoms with Gasteiger partial charge in [-0.05, 0) is 25.7 Å². The highest BCUT2D eigenvalue weighted by atomic mass is 79.9. The van der Waals surface area contributed by atoms with Gasteiger partial charge in [0.1, 0.15) is 12.7 Å². The first-order valence-corrected chi connectivity index (χ1v) is 16.4. The first-order valence-electron chi connectivity index (χ1n) is 12.8. The molecule has 0 aromatic carbocycles. The number of carbonyl (C=O) groups is 2. The molecule has 32 heavy (non-hydrogen) atoms. The summed E-state index contributed by atoms with van der Waals surface area (Å²) < 4.78 is 11.0. The van der Waals surface area contributed by atoms with E-state index in [0.717, 1.165) is 37.2 Å². The van der Waals surface area contributed by atoms with Gasteiger partial charge in [-0.15, -0.1) is 0 Å². The smallest absolute Gasteiger partial charge is 0.306 e. The average Bonchev–Trinajstić information content (AvgIpc) is 2.77. The van der Waals surface area contributed by atoms with Crippen LogP contribution in [0.3, 0.4) is 0 Å². The molecule has 190 valence electrons. The molecule has 0 radical (unpaired) electrons. The molecule has 0 saturated carbocycles. The van der Waals surface area contributed by atoms with Crippen LogP contribution in [-0.4, -0.2) is 41.5 Å². The summed E-state index contributed by atoms with van der Waals surface area (Å²) >= 11 is 3.22. The van der Waals surface area contributed by atoms with E-state index in [-0.39, 0.29) is 18.0 Å². The number of halogens is 1. The number of esters is 2. The van der Waals surface area contributed by atoms with Crippen molar-refractivity contribution in [1.29, 1.82) is 0 Å². The minimum absolute atomic E-state index is 0.0659. The maximum Gasteiger partial charge on any atom is 0.306 e. The molecule has 0 rings (SSSR count). The van der Waals surface area contributed by atoms with Crippen LogP contribution in [0.4, 0.5) is 0 Å². The van der Waals surface area contributed by atoms with E-state index in [1.165, 1.54) is 64.2 Å². The number of hydrogen-bond acceptors (Lipinski definition) is 6. The van der Waals surface area contributed by atoms with Crippen LogP contribution in [0.25, 0.3) is 0 Å². The van der Waals surface area contributed by atoms with Gasteiger partial charge in [-0.25, -0.2) is 0 Å².